The van der Waals surface area contributed by atoms with E-state index in [0.717, 1.165) is 0 Å². The third-order valence-electron chi connectivity index (χ3n) is 2.53. The van der Waals surface area contributed by atoms with Crippen molar-refractivity contribution in [2.45, 2.75) is 25.5 Å². The van der Waals surface area contributed by atoms with E-state index in [1.807, 2.05) is 0 Å². The van der Waals surface area contributed by atoms with Gasteiger partial charge in [-0.15, -0.1) is 5.21 Å². The average molecular weight is 436 g/mol. The van der Waals surface area contributed by atoms with Crippen LogP contribution in [0.3, 0.4) is 0 Å². The van der Waals surface area contributed by atoms with Crippen molar-refractivity contribution in [1.29, 1.82) is 0 Å². The van der Waals surface area contributed by atoms with Gasteiger partial charge in [-0.2, -0.15) is 0 Å². The van der Waals surface area contributed by atoms with Crippen molar-refractivity contribution < 1.29 is 41.8 Å². The molecule has 1 aromatic rings. The Bertz CT molecular complexity index is 411. The molecule has 2 rings (SSSR count). The van der Waals surface area contributed by atoms with E-state index in [1.54, 1.807) is 0 Å². The van der Waals surface area contributed by atoms with Crippen molar-refractivity contribution in [1.82, 2.24) is 20.3 Å². The van der Waals surface area contributed by atoms with E-state index in [4.69, 9.17) is 9.84 Å². The molecule has 18 heavy (non-hydrogen) atoms. The molecule has 0 saturated carbocycles. The van der Waals surface area contributed by atoms with Crippen molar-refractivity contribution >= 4 is 12.1 Å². The molecule has 1 aliphatic rings. The van der Waals surface area contributed by atoms with Crippen LogP contribution in [0.25, 0.3) is 0 Å². The van der Waals surface area contributed by atoms with Crippen LogP contribution in [-0.2, 0) is 38.5 Å². The first kappa shape index (κ1) is 14.7. The molecule has 0 aromatic carbocycles. The molecule has 1 aromatic heterocycles. The van der Waals surface area contributed by atoms with Crippen LogP contribution in [-0.4, -0.2) is 50.1 Å². The van der Waals surface area contributed by atoms with E-state index in [2.05, 4.69) is 21.6 Å². The summed E-state index contributed by atoms with van der Waals surface area (Å²) in [5.74, 6) is -1.01. The van der Waals surface area contributed by atoms with Gasteiger partial charge in [-0.3, -0.25) is 10.00 Å². The van der Waals surface area contributed by atoms with Gasteiger partial charge in [0.15, 0.2) is 0 Å². The Balaban J connectivity index is 0.00000162. The molecule has 0 bridgehead atoms. The molecule has 0 spiro atoms. The standard InChI is InChI=1S/C9H11N4O4.Au/c14-8(15)7-2-1-3-13(7)9(16)17-5-6-4-10-12-11-6;/h7H,1-3,5H2,(H,14,15)(H,10,11,12);/q-1;+1/t7-;/m1./s1. The SMILES string of the molecule is O=C(O)[C@H]1CCCN1C(=O)OCc1[c-]nn[nH]1.[Au+]. The number of aliphatic carboxylic acids is 1. The summed E-state index contributed by atoms with van der Waals surface area (Å²) < 4.78 is 4.93. The zero-order valence-corrected chi connectivity index (χ0v) is 11.4. The van der Waals surface area contributed by atoms with E-state index in [-0.39, 0.29) is 29.0 Å². The van der Waals surface area contributed by atoms with Crippen molar-refractivity contribution in [3.63, 3.8) is 0 Å². The van der Waals surface area contributed by atoms with Gasteiger partial charge in [-0.1, -0.05) is 5.69 Å². The summed E-state index contributed by atoms with van der Waals surface area (Å²) in [6.45, 7) is 0.357. The van der Waals surface area contributed by atoms with Crippen LogP contribution >= 0.6 is 0 Å². The van der Waals surface area contributed by atoms with E-state index in [0.29, 0.717) is 25.1 Å². The van der Waals surface area contributed by atoms with Crippen molar-refractivity contribution in [3.8, 4) is 0 Å². The van der Waals surface area contributed by atoms with Gasteiger partial charge in [0, 0.05) is 6.54 Å². The first-order chi connectivity index (χ1) is 8.18. The van der Waals surface area contributed by atoms with Crippen molar-refractivity contribution in [3.05, 3.63) is 11.9 Å². The Morgan fingerprint density at radius 1 is 1.61 bits per heavy atom. The quantitative estimate of drug-likeness (QED) is 0.502. The number of amides is 1. The van der Waals surface area contributed by atoms with Gasteiger partial charge in [0.05, 0.1) is 0 Å². The Hall–Kier alpha value is -1.38. The van der Waals surface area contributed by atoms with Crippen LogP contribution in [0, 0.1) is 6.20 Å². The summed E-state index contributed by atoms with van der Waals surface area (Å²) in [5, 5.41) is 18.2. The van der Waals surface area contributed by atoms with E-state index >= 15 is 0 Å². The molecule has 2 heterocycles. The summed E-state index contributed by atoms with van der Waals surface area (Å²) in [6, 6.07) is -0.786. The second kappa shape index (κ2) is 6.53. The second-order valence-corrected chi connectivity index (χ2v) is 3.65. The topological polar surface area (TPSA) is 108 Å². The predicted molar refractivity (Wildman–Crippen MR) is 52.8 cm³/mol. The second-order valence-electron chi connectivity index (χ2n) is 3.65. The Kier molecular flexibility index (Phi) is 5.32. The monoisotopic (exact) mass is 436 g/mol. The maximum absolute atomic E-state index is 11.6. The van der Waals surface area contributed by atoms with Crippen LogP contribution in [0.2, 0.25) is 0 Å². The van der Waals surface area contributed by atoms with Gasteiger partial charge >= 0.3 is 34.4 Å². The molecule has 102 valence electrons. The predicted octanol–water partition coefficient (Wildman–Crippen LogP) is -0.212. The fraction of sp³-hybridized carbons (Fsp3) is 0.556. The zero-order valence-electron chi connectivity index (χ0n) is 9.22. The van der Waals surface area contributed by atoms with Crippen LogP contribution in [0.1, 0.15) is 18.5 Å². The van der Waals surface area contributed by atoms with Crippen LogP contribution in [0.15, 0.2) is 0 Å². The Morgan fingerprint density at radius 2 is 2.39 bits per heavy atom. The molecule has 0 unspecified atom stereocenters. The minimum absolute atomic E-state index is 0. The third kappa shape index (κ3) is 3.31. The number of carboxylic acids is 1. The number of carbonyl (C=O) groups is 2. The van der Waals surface area contributed by atoms with E-state index < -0.39 is 18.1 Å². The number of ether oxygens (including phenoxy) is 1. The molecule has 1 fully saturated rings. The van der Waals surface area contributed by atoms with Gasteiger partial charge in [-0.05, 0) is 12.8 Å². The maximum atomic E-state index is 11.6. The summed E-state index contributed by atoms with van der Waals surface area (Å²) in [7, 11) is 0. The van der Waals surface area contributed by atoms with Crippen LogP contribution < -0.4 is 0 Å². The minimum atomic E-state index is -1.01. The fourth-order valence-electron chi connectivity index (χ4n) is 1.72. The van der Waals surface area contributed by atoms with Gasteiger partial charge in [0.25, 0.3) is 0 Å². The van der Waals surface area contributed by atoms with Gasteiger partial charge in [0.2, 0.25) is 0 Å². The Labute approximate surface area is 118 Å². The normalized spacial score (nSPS) is 18.2. The summed E-state index contributed by atoms with van der Waals surface area (Å²) in [5.41, 5.74) is 0.435. The molecule has 1 atom stereocenters. The van der Waals surface area contributed by atoms with E-state index in [1.165, 1.54) is 4.90 Å². The van der Waals surface area contributed by atoms with Crippen molar-refractivity contribution in [2.24, 2.45) is 0 Å². The van der Waals surface area contributed by atoms with Crippen LogP contribution in [0.5, 0.6) is 0 Å². The van der Waals surface area contributed by atoms with Gasteiger partial charge < -0.3 is 21.1 Å². The number of nitrogens with one attached hydrogen (secondary N) is 1. The van der Waals surface area contributed by atoms with Crippen molar-refractivity contribution in [2.75, 3.05) is 6.54 Å². The minimum Gasteiger partial charge on any atom is -0.480 e. The maximum Gasteiger partial charge on any atom is 1.00 e. The molecule has 1 aliphatic heterocycles. The third-order valence-corrected chi connectivity index (χ3v) is 2.53. The molecule has 0 aliphatic carbocycles. The Morgan fingerprint density at radius 3 is 3.00 bits per heavy atom. The number of likely N-dealkylation sites (tertiary alicyclic amines) is 1. The summed E-state index contributed by atoms with van der Waals surface area (Å²) in [6.07, 6.45) is 2.98. The molecule has 0 radical (unpaired) electrons. The van der Waals surface area contributed by atoms with E-state index in [9.17, 15) is 9.59 Å². The molecular formula is C9H11AuN4O4. The summed E-state index contributed by atoms with van der Waals surface area (Å²) >= 11 is 0. The fourth-order valence-corrected chi connectivity index (χ4v) is 1.72. The number of H-pyrrole nitrogens is 1. The summed E-state index contributed by atoms with van der Waals surface area (Å²) in [4.78, 5) is 23.7. The molecule has 2 N–H and O–H groups in total. The molecule has 1 saturated heterocycles. The number of hydrogen-bond acceptors (Lipinski definition) is 5. The number of rotatable bonds is 3. The average Bonchev–Trinajstić information content (AvgIpc) is 2.96. The van der Waals surface area contributed by atoms with Gasteiger partial charge in [0.1, 0.15) is 12.6 Å². The number of aromatic nitrogens is 3. The first-order valence-electron chi connectivity index (χ1n) is 5.12. The molecule has 8 nitrogen and oxygen atoms in total. The largest absolute Gasteiger partial charge is 1.00 e. The number of aromatic amines is 1. The molecular weight excluding hydrogens is 425 g/mol. The van der Waals surface area contributed by atoms with Gasteiger partial charge in [-0.25, -0.2) is 9.59 Å². The number of nitrogens with zero attached hydrogens (tertiary/aromatic N) is 3. The first-order valence-corrected chi connectivity index (χ1v) is 5.12. The number of carboxylic acid groups (broad SMARTS) is 1. The molecule has 1 amide bonds. The zero-order chi connectivity index (χ0) is 12.3. The molecule has 9 heteroatoms. The number of hydrogen-bond donors (Lipinski definition) is 2. The number of carbonyl (C=O) groups excluding carboxylic acids is 1. The van der Waals surface area contributed by atoms with Crippen LogP contribution in [0.4, 0.5) is 4.79 Å². The smallest absolute Gasteiger partial charge is 0.480 e.